The van der Waals surface area contributed by atoms with Crippen molar-refractivity contribution in [2.24, 2.45) is 0 Å². The molecule has 0 aliphatic rings. The van der Waals surface area contributed by atoms with Gasteiger partial charge in [-0.3, -0.25) is 0 Å². The second-order valence-corrected chi connectivity index (χ2v) is 5.72. The molecule has 0 unspecified atom stereocenters. The Bertz CT molecular complexity index is 978. The maximum Gasteiger partial charge on any atom is 0.0730 e. The summed E-state index contributed by atoms with van der Waals surface area (Å²) in [5, 5.41) is 5.79. The number of halogens is 2. The summed E-state index contributed by atoms with van der Waals surface area (Å²) < 4.78 is 0. The zero-order chi connectivity index (χ0) is 15.8. The topological polar surface area (TPSA) is 50.9 Å². The van der Waals surface area contributed by atoms with Crippen LogP contribution in [0.1, 0.15) is 5.56 Å². The molecule has 1 aromatic heterocycles. The Morgan fingerprint density at radius 3 is 1.96 bits per heavy atom. The van der Waals surface area contributed by atoms with E-state index in [2.05, 4.69) is 24.4 Å². The van der Waals surface area contributed by atoms with Crippen molar-refractivity contribution in [2.75, 3.05) is 11.1 Å². The van der Waals surface area contributed by atoms with E-state index in [1.807, 2.05) is 54.6 Å². The first-order valence-electron chi connectivity index (χ1n) is 7.63. The van der Waals surface area contributed by atoms with E-state index < -0.39 is 0 Å². The number of nitrogens with two attached hydrogens (primary N) is 1. The fraction of sp³-hybridized carbons (Fsp3) is 0.0500. The van der Waals surface area contributed by atoms with Crippen LogP contribution < -0.4 is 11.1 Å². The molecule has 1 heterocycles. The molecule has 0 spiro atoms. The number of nitrogens with one attached hydrogen (secondary N) is 1. The molecule has 25 heavy (non-hydrogen) atoms. The van der Waals surface area contributed by atoms with Crippen molar-refractivity contribution in [3.8, 4) is 0 Å². The Hall–Kier alpha value is -2.49. The maximum atomic E-state index is 5.95. The van der Waals surface area contributed by atoms with Crippen LogP contribution in [0, 0.1) is 6.92 Å². The SMILES string of the molecule is Cc1ccc(N)cc1Nc1c2ccccc2nc2ccccc12.Cl.Cl. The highest BCUT2D eigenvalue weighted by molar-refractivity contribution is 6.08. The van der Waals surface area contributed by atoms with E-state index >= 15 is 0 Å². The minimum atomic E-state index is 0. The third kappa shape index (κ3) is 3.48. The normalized spacial score (nSPS) is 10.1. The lowest BCUT2D eigenvalue weighted by atomic mass is 10.1. The van der Waals surface area contributed by atoms with Gasteiger partial charge in [0.15, 0.2) is 0 Å². The molecule has 0 bridgehead atoms. The number of hydrogen-bond acceptors (Lipinski definition) is 3. The van der Waals surface area contributed by atoms with Crippen molar-refractivity contribution in [3.05, 3.63) is 72.3 Å². The van der Waals surface area contributed by atoms with Gasteiger partial charge in [-0.15, -0.1) is 24.8 Å². The Kier molecular flexibility index (Phi) is 5.73. The first-order valence-corrected chi connectivity index (χ1v) is 7.63. The number of fused-ring (bicyclic) bond motifs is 2. The van der Waals surface area contributed by atoms with Gasteiger partial charge >= 0.3 is 0 Å². The fourth-order valence-corrected chi connectivity index (χ4v) is 2.88. The van der Waals surface area contributed by atoms with Gasteiger partial charge in [0.1, 0.15) is 0 Å². The number of para-hydroxylation sites is 2. The Morgan fingerprint density at radius 1 is 0.800 bits per heavy atom. The first kappa shape index (κ1) is 18.8. The summed E-state index contributed by atoms with van der Waals surface area (Å²) in [6, 6.07) is 22.3. The van der Waals surface area contributed by atoms with E-state index in [9.17, 15) is 0 Å². The molecule has 0 aliphatic heterocycles. The summed E-state index contributed by atoms with van der Waals surface area (Å²) >= 11 is 0. The van der Waals surface area contributed by atoms with Crippen LogP contribution in [-0.4, -0.2) is 4.98 Å². The summed E-state index contributed by atoms with van der Waals surface area (Å²) in [5.74, 6) is 0. The second kappa shape index (κ2) is 7.60. The number of aryl methyl sites for hydroxylation is 1. The smallest absolute Gasteiger partial charge is 0.0730 e. The average molecular weight is 372 g/mol. The molecule has 3 nitrogen and oxygen atoms in total. The van der Waals surface area contributed by atoms with Gasteiger partial charge in [0.2, 0.25) is 0 Å². The minimum Gasteiger partial charge on any atom is -0.399 e. The summed E-state index contributed by atoms with van der Waals surface area (Å²) in [6.07, 6.45) is 0. The predicted octanol–water partition coefficient (Wildman–Crippen LogP) is 5.87. The van der Waals surface area contributed by atoms with Gasteiger partial charge in [0.25, 0.3) is 0 Å². The quantitative estimate of drug-likeness (QED) is 0.342. The molecule has 0 fully saturated rings. The molecule has 0 radical (unpaired) electrons. The molecule has 4 aromatic rings. The minimum absolute atomic E-state index is 0. The number of hydrogen-bond donors (Lipinski definition) is 2. The number of anilines is 3. The van der Waals surface area contributed by atoms with Gasteiger partial charge in [-0.25, -0.2) is 4.98 Å². The summed E-state index contributed by atoms with van der Waals surface area (Å²) in [7, 11) is 0. The van der Waals surface area contributed by atoms with Crippen LogP contribution in [-0.2, 0) is 0 Å². The molecule has 0 amide bonds. The van der Waals surface area contributed by atoms with E-state index in [1.165, 1.54) is 0 Å². The highest BCUT2D eigenvalue weighted by Gasteiger charge is 2.10. The largest absolute Gasteiger partial charge is 0.399 e. The molecule has 3 N–H and O–H groups in total. The molecule has 4 rings (SSSR count). The van der Waals surface area contributed by atoms with Crippen molar-refractivity contribution in [2.45, 2.75) is 6.92 Å². The zero-order valence-corrected chi connectivity index (χ0v) is 15.3. The summed E-state index contributed by atoms with van der Waals surface area (Å²) in [5.41, 5.74) is 11.9. The lowest BCUT2D eigenvalue weighted by Gasteiger charge is -2.15. The molecule has 5 heteroatoms. The summed E-state index contributed by atoms with van der Waals surface area (Å²) in [4.78, 5) is 4.76. The van der Waals surface area contributed by atoms with Crippen molar-refractivity contribution in [3.63, 3.8) is 0 Å². The van der Waals surface area contributed by atoms with Crippen LogP contribution in [0.5, 0.6) is 0 Å². The number of rotatable bonds is 2. The fourth-order valence-electron chi connectivity index (χ4n) is 2.88. The molecular formula is C20H19Cl2N3. The van der Waals surface area contributed by atoms with Crippen LogP contribution in [0.25, 0.3) is 21.8 Å². The van der Waals surface area contributed by atoms with Gasteiger partial charge in [0, 0.05) is 22.1 Å². The summed E-state index contributed by atoms with van der Waals surface area (Å²) in [6.45, 7) is 2.08. The van der Waals surface area contributed by atoms with Crippen molar-refractivity contribution in [1.29, 1.82) is 0 Å². The number of nitrogen functional groups attached to an aromatic ring is 1. The lowest BCUT2D eigenvalue weighted by molar-refractivity contribution is 1.43. The Labute approximate surface area is 159 Å². The Balaban J connectivity index is 0.00000113. The van der Waals surface area contributed by atoms with E-state index in [1.54, 1.807) is 0 Å². The van der Waals surface area contributed by atoms with Gasteiger partial charge < -0.3 is 11.1 Å². The highest BCUT2D eigenvalue weighted by Crippen LogP contribution is 2.34. The van der Waals surface area contributed by atoms with Crippen LogP contribution >= 0.6 is 24.8 Å². The van der Waals surface area contributed by atoms with Crippen LogP contribution in [0.2, 0.25) is 0 Å². The van der Waals surface area contributed by atoms with E-state index in [0.717, 1.165) is 44.4 Å². The standard InChI is InChI=1S/C20H17N3.2ClH/c1-13-10-11-14(21)12-19(13)23-20-15-6-2-4-8-17(15)22-18-9-5-3-7-16(18)20;;/h2-12H,21H2,1H3,(H,22,23);2*1H. The van der Waals surface area contributed by atoms with Gasteiger partial charge in [-0.05, 0) is 36.8 Å². The van der Waals surface area contributed by atoms with Crippen molar-refractivity contribution >= 4 is 63.7 Å². The second-order valence-electron chi connectivity index (χ2n) is 5.72. The average Bonchev–Trinajstić information content (AvgIpc) is 2.58. The van der Waals surface area contributed by atoms with Crippen LogP contribution in [0.15, 0.2) is 66.7 Å². The maximum absolute atomic E-state index is 5.95. The monoisotopic (exact) mass is 371 g/mol. The van der Waals surface area contributed by atoms with E-state index in [-0.39, 0.29) is 24.8 Å². The number of aromatic nitrogens is 1. The number of pyridine rings is 1. The molecule has 128 valence electrons. The van der Waals surface area contributed by atoms with Gasteiger partial charge in [-0.2, -0.15) is 0 Å². The van der Waals surface area contributed by atoms with Crippen molar-refractivity contribution in [1.82, 2.24) is 4.98 Å². The van der Waals surface area contributed by atoms with Crippen LogP contribution in [0.3, 0.4) is 0 Å². The molecule has 0 saturated heterocycles. The van der Waals surface area contributed by atoms with E-state index in [0.29, 0.717) is 0 Å². The third-order valence-corrected chi connectivity index (χ3v) is 4.11. The first-order chi connectivity index (χ1) is 11.2. The highest BCUT2D eigenvalue weighted by atomic mass is 35.5. The van der Waals surface area contributed by atoms with Crippen molar-refractivity contribution < 1.29 is 0 Å². The molecule has 0 atom stereocenters. The lowest BCUT2D eigenvalue weighted by Crippen LogP contribution is -1.98. The van der Waals surface area contributed by atoms with Gasteiger partial charge in [-0.1, -0.05) is 42.5 Å². The number of nitrogens with zero attached hydrogens (tertiary/aromatic N) is 1. The molecular weight excluding hydrogens is 353 g/mol. The third-order valence-electron chi connectivity index (χ3n) is 4.11. The predicted molar refractivity (Wildman–Crippen MR) is 113 cm³/mol. The molecule has 3 aromatic carbocycles. The Morgan fingerprint density at radius 2 is 1.36 bits per heavy atom. The molecule has 0 aliphatic carbocycles. The van der Waals surface area contributed by atoms with E-state index in [4.69, 9.17) is 10.7 Å². The zero-order valence-electron chi connectivity index (χ0n) is 13.7. The molecule has 0 saturated carbocycles. The number of benzene rings is 3. The van der Waals surface area contributed by atoms with Gasteiger partial charge in [0.05, 0.1) is 16.7 Å². The van der Waals surface area contributed by atoms with Crippen LogP contribution in [0.4, 0.5) is 17.1 Å².